The van der Waals surface area contributed by atoms with Crippen LogP contribution in [0.25, 0.3) is 0 Å². The smallest absolute Gasteiger partial charge is 0.225 e. The molecule has 0 aliphatic carbocycles. The number of piperazine rings is 1. The molecule has 0 unspecified atom stereocenters. The van der Waals surface area contributed by atoms with E-state index in [1.54, 1.807) is 12.4 Å². The van der Waals surface area contributed by atoms with E-state index >= 15 is 0 Å². The Kier molecular flexibility index (Phi) is 5.54. The quantitative estimate of drug-likeness (QED) is 0.824. The zero-order valence-corrected chi connectivity index (χ0v) is 13.1. The van der Waals surface area contributed by atoms with Crippen LogP contribution in [0.2, 0.25) is 0 Å². The van der Waals surface area contributed by atoms with Gasteiger partial charge in [-0.05, 0) is 29.8 Å². The third-order valence-electron chi connectivity index (χ3n) is 3.12. The number of anilines is 1. The van der Waals surface area contributed by atoms with Crippen LogP contribution in [0.15, 0.2) is 16.9 Å². The molecule has 0 N–H and O–H groups in total. The Morgan fingerprint density at radius 2 is 1.84 bits per heavy atom. The molecule has 0 radical (unpaired) electrons. The molecular weight excluding hydrogens is 308 g/mol. The van der Waals surface area contributed by atoms with E-state index in [0.717, 1.165) is 49.8 Å². The second kappa shape index (κ2) is 7.17. The van der Waals surface area contributed by atoms with Crippen LogP contribution in [-0.4, -0.2) is 60.3 Å². The summed E-state index contributed by atoms with van der Waals surface area (Å²) in [7, 11) is 0. The molecule has 1 fully saturated rings. The minimum Gasteiger partial charge on any atom is -0.377 e. The van der Waals surface area contributed by atoms with Crippen LogP contribution in [0.1, 0.15) is 13.8 Å². The number of aromatic nitrogens is 2. The standard InChI is InChI=1S/C13H21BrN4O/c1-11(2)19-8-7-17-3-5-18(6-4-17)13-15-9-12(14)10-16-13/h9-11H,3-8H2,1-2H3. The van der Waals surface area contributed by atoms with Gasteiger partial charge in [-0.15, -0.1) is 0 Å². The molecular formula is C13H21BrN4O. The first-order valence-electron chi connectivity index (χ1n) is 6.71. The van der Waals surface area contributed by atoms with E-state index in [0.29, 0.717) is 6.10 Å². The number of nitrogens with zero attached hydrogens (tertiary/aromatic N) is 4. The third kappa shape index (κ3) is 4.71. The van der Waals surface area contributed by atoms with Crippen molar-refractivity contribution in [2.45, 2.75) is 20.0 Å². The highest BCUT2D eigenvalue weighted by Crippen LogP contribution is 2.13. The van der Waals surface area contributed by atoms with Crippen molar-refractivity contribution in [2.75, 3.05) is 44.2 Å². The zero-order chi connectivity index (χ0) is 13.7. The van der Waals surface area contributed by atoms with Crippen LogP contribution in [-0.2, 0) is 4.74 Å². The van der Waals surface area contributed by atoms with Crippen molar-refractivity contribution in [1.29, 1.82) is 0 Å². The lowest BCUT2D eigenvalue weighted by molar-refractivity contribution is 0.0578. The van der Waals surface area contributed by atoms with Crippen molar-refractivity contribution in [2.24, 2.45) is 0 Å². The van der Waals surface area contributed by atoms with Gasteiger partial charge < -0.3 is 9.64 Å². The maximum absolute atomic E-state index is 5.58. The maximum atomic E-state index is 5.58. The predicted molar refractivity (Wildman–Crippen MR) is 79.5 cm³/mol. The second-order valence-electron chi connectivity index (χ2n) is 4.95. The summed E-state index contributed by atoms with van der Waals surface area (Å²) in [4.78, 5) is 13.3. The maximum Gasteiger partial charge on any atom is 0.225 e. The number of ether oxygens (including phenoxy) is 1. The molecule has 0 atom stereocenters. The number of halogens is 1. The van der Waals surface area contributed by atoms with Gasteiger partial charge in [0.15, 0.2) is 0 Å². The minimum absolute atomic E-state index is 0.317. The van der Waals surface area contributed by atoms with E-state index in [1.165, 1.54) is 0 Å². The molecule has 1 aliphatic heterocycles. The Balaban J connectivity index is 1.74. The molecule has 5 nitrogen and oxygen atoms in total. The molecule has 6 heteroatoms. The van der Waals surface area contributed by atoms with Gasteiger partial charge in [0, 0.05) is 45.1 Å². The van der Waals surface area contributed by atoms with Gasteiger partial charge in [0.2, 0.25) is 5.95 Å². The first kappa shape index (κ1) is 14.7. The highest BCUT2D eigenvalue weighted by Gasteiger charge is 2.18. The summed E-state index contributed by atoms with van der Waals surface area (Å²) in [5.41, 5.74) is 0. The topological polar surface area (TPSA) is 41.5 Å². The predicted octanol–water partition coefficient (Wildman–Crippen LogP) is 1.79. The first-order chi connectivity index (χ1) is 9.15. The van der Waals surface area contributed by atoms with Crippen LogP contribution >= 0.6 is 15.9 Å². The van der Waals surface area contributed by atoms with Gasteiger partial charge in [0.05, 0.1) is 17.2 Å². The molecule has 2 heterocycles. The molecule has 106 valence electrons. The number of hydrogen-bond donors (Lipinski definition) is 0. The van der Waals surface area contributed by atoms with E-state index in [2.05, 4.69) is 49.5 Å². The Bertz CT molecular complexity index is 377. The zero-order valence-electron chi connectivity index (χ0n) is 11.5. The lowest BCUT2D eigenvalue weighted by Crippen LogP contribution is -2.48. The second-order valence-corrected chi connectivity index (χ2v) is 5.87. The fraction of sp³-hybridized carbons (Fsp3) is 0.692. The summed E-state index contributed by atoms with van der Waals surface area (Å²) < 4.78 is 6.50. The lowest BCUT2D eigenvalue weighted by Gasteiger charge is -2.34. The minimum atomic E-state index is 0.317. The van der Waals surface area contributed by atoms with Gasteiger partial charge in [-0.1, -0.05) is 0 Å². The lowest BCUT2D eigenvalue weighted by atomic mass is 10.3. The first-order valence-corrected chi connectivity index (χ1v) is 7.51. The Morgan fingerprint density at radius 1 is 1.21 bits per heavy atom. The molecule has 0 spiro atoms. The number of rotatable bonds is 5. The fourth-order valence-corrected chi connectivity index (χ4v) is 2.26. The van der Waals surface area contributed by atoms with Crippen LogP contribution in [0.5, 0.6) is 0 Å². The molecule has 0 aromatic carbocycles. The molecule has 1 aromatic heterocycles. The summed E-state index contributed by atoms with van der Waals surface area (Å²) in [5, 5.41) is 0. The van der Waals surface area contributed by atoms with Crippen LogP contribution < -0.4 is 4.90 Å². The largest absolute Gasteiger partial charge is 0.377 e. The van der Waals surface area contributed by atoms with Crippen molar-refractivity contribution in [3.63, 3.8) is 0 Å². The summed E-state index contributed by atoms with van der Waals surface area (Å²) in [6, 6.07) is 0. The van der Waals surface area contributed by atoms with E-state index < -0.39 is 0 Å². The molecule has 1 aromatic rings. The van der Waals surface area contributed by atoms with Crippen molar-refractivity contribution in [3.8, 4) is 0 Å². The summed E-state index contributed by atoms with van der Waals surface area (Å²) in [6.45, 7) is 10.00. The van der Waals surface area contributed by atoms with E-state index in [-0.39, 0.29) is 0 Å². The summed E-state index contributed by atoms with van der Waals surface area (Å²) >= 11 is 3.35. The van der Waals surface area contributed by atoms with Gasteiger partial charge in [0.1, 0.15) is 0 Å². The fourth-order valence-electron chi connectivity index (χ4n) is 2.06. The van der Waals surface area contributed by atoms with Gasteiger partial charge in [-0.25, -0.2) is 9.97 Å². The molecule has 0 saturated carbocycles. The monoisotopic (exact) mass is 328 g/mol. The third-order valence-corrected chi connectivity index (χ3v) is 3.53. The van der Waals surface area contributed by atoms with Gasteiger partial charge in [0.25, 0.3) is 0 Å². The highest BCUT2D eigenvalue weighted by molar-refractivity contribution is 9.10. The van der Waals surface area contributed by atoms with Gasteiger partial charge in [-0.3, -0.25) is 4.90 Å². The van der Waals surface area contributed by atoms with Crippen molar-refractivity contribution in [1.82, 2.24) is 14.9 Å². The molecule has 19 heavy (non-hydrogen) atoms. The summed E-state index contributed by atoms with van der Waals surface area (Å²) in [5.74, 6) is 0.821. The molecule has 0 amide bonds. The highest BCUT2D eigenvalue weighted by atomic mass is 79.9. The van der Waals surface area contributed by atoms with Crippen LogP contribution in [0, 0.1) is 0 Å². The van der Waals surface area contributed by atoms with Crippen molar-refractivity contribution >= 4 is 21.9 Å². The van der Waals surface area contributed by atoms with E-state index in [4.69, 9.17) is 4.74 Å². The van der Waals surface area contributed by atoms with Crippen LogP contribution in [0.3, 0.4) is 0 Å². The Morgan fingerprint density at radius 3 is 2.42 bits per heavy atom. The van der Waals surface area contributed by atoms with Crippen molar-refractivity contribution < 1.29 is 4.74 Å². The molecule has 1 saturated heterocycles. The molecule has 2 rings (SSSR count). The normalized spacial score (nSPS) is 17.2. The SMILES string of the molecule is CC(C)OCCN1CCN(c2ncc(Br)cn2)CC1. The van der Waals surface area contributed by atoms with Crippen LogP contribution in [0.4, 0.5) is 5.95 Å². The summed E-state index contributed by atoms with van der Waals surface area (Å²) in [6.07, 6.45) is 3.91. The average molecular weight is 329 g/mol. The van der Waals surface area contributed by atoms with Crippen molar-refractivity contribution in [3.05, 3.63) is 16.9 Å². The Labute approximate surface area is 123 Å². The van der Waals surface area contributed by atoms with E-state index in [1.807, 2.05) is 0 Å². The number of hydrogen-bond acceptors (Lipinski definition) is 5. The van der Waals surface area contributed by atoms with Gasteiger partial charge >= 0.3 is 0 Å². The molecule has 1 aliphatic rings. The Hall–Kier alpha value is -0.720. The van der Waals surface area contributed by atoms with Gasteiger partial charge in [-0.2, -0.15) is 0 Å². The van der Waals surface area contributed by atoms with E-state index in [9.17, 15) is 0 Å². The molecule has 0 bridgehead atoms. The average Bonchev–Trinajstić information content (AvgIpc) is 2.40.